The second kappa shape index (κ2) is 3.30. The molecule has 0 aromatic carbocycles. The lowest BCUT2D eigenvalue weighted by atomic mass is 10.1. The molecule has 78 valence electrons. The Bertz CT molecular complexity index is 463. The van der Waals surface area contributed by atoms with E-state index >= 15 is 0 Å². The maximum Gasteiger partial charge on any atom is 0.145 e. The van der Waals surface area contributed by atoms with Crippen LogP contribution in [0.3, 0.4) is 0 Å². The van der Waals surface area contributed by atoms with Crippen molar-refractivity contribution < 1.29 is 4.74 Å². The quantitative estimate of drug-likeness (QED) is 0.771. The van der Waals surface area contributed by atoms with Gasteiger partial charge in [-0.25, -0.2) is 9.67 Å². The minimum absolute atomic E-state index is 0.217. The molecule has 2 aromatic heterocycles. The summed E-state index contributed by atoms with van der Waals surface area (Å²) in [7, 11) is 0. The molecule has 3 rings (SSSR count). The summed E-state index contributed by atoms with van der Waals surface area (Å²) in [6, 6.07) is 3.91. The molecule has 1 fully saturated rings. The lowest BCUT2D eigenvalue weighted by molar-refractivity contribution is 0.273. The van der Waals surface area contributed by atoms with E-state index in [1.54, 1.807) is 22.3 Å². The van der Waals surface area contributed by atoms with Crippen LogP contribution in [0.15, 0.2) is 24.8 Å². The molecule has 15 heavy (non-hydrogen) atoms. The number of rotatable bonds is 3. The van der Waals surface area contributed by atoms with Crippen molar-refractivity contribution in [2.24, 2.45) is 0 Å². The molecule has 0 aliphatic carbocycles. The van der Waals surface area contributed by atoms with Crippen LogP contribution < -0.4 is 0 Å². The van der Waals surface area contributed by atoms with E-state index in [0.717, 1.165) is 15.8 Å². The van der Waals surface area contributed by atoms with Crippen LogP contribution in [0, 0.1) is 0 Å². The summed E-state index contributed by atoms with van der Waals surface area (Å²) >= 11 is 7.46. The first kappa shape index (κ1) is 9.33. The van der Waals surface area contributed by atoms with Gasteiger partial charge < -0.3 is 4.74 Å². The van der Waals surface area contributed by atoms with Gasteiger partial charge in [0.2, 0.25) is 0 Å². The summed E-state index contributed by atoms with van der Waals surface area (Å²) in [5.74, 6) is 0. The molecule has 0 N–H and O–H groups in total. The van der Waals surface area contributed by atoms with E-state index in [4.69, 9.17) is 16.3 Å². The summed E-state index contributed by atoms with van der Waals surface area (Å²) in [5, 5.41) is 4.07. The monoisotopic (exact) mass is 241 g/mol. The van der Waals surface area contributed by atoms with E-state index in [2.05, 4.69) is 10.1 Å². The number of hydrogen-bond donors (Lipinski definition) is 0. The van der Waals surface area contributed by atoms with Crippen LogP contribution in [0.5, 0.6) is 0 Å². The molecule has 1 unspecified atom stereocenters. The highest BCUT2D eigenvalue weighted by Gasteiger charge is 2.48. The minimum atomic E-state index is -0.217. The van der Waals surface area contributed by atoms with Crippen molar-refractivity contribution in [3.8, 4) is 0 Å². The normalized spacial score (nSPS) is 24.3. The standard InChI is InChI=1S/C9H8ClN3OS/c10-8-2-1-7(15-8)9(4-14-9)3-13-6-11-5-12-13/h1-2,5-6H,3-4H2. The van der Waals surface area contributed by atoms with Crippen LogP contribution in [0.4, 0.5) is 0 Å². The molecule has 1 aliphatic heterocycles. The SMILES string of the molecule is Clc1ccc(C2(Cn3cncn3)CO2)s1. The molecular weight excluding hydrogens is 234 g/mol. The van der Waals surface area contributed by atoms with Crippen LogP contribution in [-0.2, 0) is 16.9 Å². The zero-order valence-corrected chi connectivity index (χ0v) is 9.33. The maximum absolute atomic E-state index is 5.90. The molecule has 0 bridgehead atoms. The Balaban J connectivity index is 1.86. The fraction of sp³-hybridized carbons (Fsp3) is 0.333. The largest absolute Gasteiger partial charge is 0.362 e. The summed E-state index contributed by atoms with van der Waals surface area (Å²) in [6.45, 7) is 1.42. The Morgan fingerprint density at radius 1 is 1.60 bits per heavy atom. The lowest BCUT2D eigenvalue weighted by Crippen LogP contribution is -2.16. The second-order valence-electron chi connectivity index (χ2n) is 3.48. The second-order valence-corrected chi connectivity index (χ2v) is 5.19. The molecule has 3 heterocycles. The van der Waals surface area contributed by atoms with Gasteiger partial charge in [0, 0.05) is 4.88 Å². The van der Waals surface area contributed by atoms with Crippen molar-refractivity contribution in [3.63, 3.8) is 0 Å². The Kier molecular flexibility index (Phi) is 2.05. The molecule has 2 aromatic rings. The zero-order chi connectivity index (χ0) is 10.3. The van der Waals surface area contributed by atoms with Crippen molar-refractivity contribution in [3.05, 3.63) is 34.0 Å². The fourth-order valence-electron chi connectivity index (χ4n) is 1.53. The van der Waals surface area contributed by atoms with Gasteiger partial charge in [-0.15, -0.1) is 11.3 Å². The summed E-state index contributed by atoms with van der Waals surface area (Å²) in [4.78, 5) is 5.06. The number of aromatic nitrogens is 3. The summed E-state index contributed by atoms with van der Waals surface area (Å²) < 4.78 is 8.10. The molecular formula is C9H8ClN3OS. The Morgan fingerprint density at radius 2 is 2.47 bits per heavy atom. The van der Waals surface area contributed by atoms with Gasteiger partial charge >= 0.3 is 0 Å². The van der Waals surface area contributed by atoms with Crippen molar-refractivity contribution in [2.45, 2.75) is 12.1 Å². The van der Waals surface area contributed by atoms with Gasteiger partial charge in [-0.2, -0.15) is 5.10 Å². The third-order valence-corrected chi connectivity index (χ3v) is 3.82. The van der Waals surface area contributed by atoms with Crippen LogP contribution in [0.2, 0.25) is 4.34 Å². The van der Waals surface area contributed by atoms with Gasteiger partial charge in [-0.3, -0.25) is 0 Å². The van der Waals surface area contributed by atoms with E-state index in [1.807, 2.05) is 12.1 Å². The minimum Gasteiger partial charge on any atom is -0.362 e. The summed E-state index contributed by atoms with van der Waals surface area (Å²) in [6.07, 6.45) is 3.22. The number of hydrogen-bond acceptors (Lipinski definition) is 4. The zero-order valence-electron chi connectivity index (χ0n) is 7.76. The van der Waals surface area contributed by atoms with Crippen molar-refractivity contribution in [1.29, 1.82) is 0 Å². The van der Waals surface area contributed by atoms with Crippen LogP contribution >= 0.6 is 22.9 Å². The first-order valence-corrected chi connectivity index (χ1v) is 5.70. The number of nitrogens with zero attached hydrogens (tertiary/aromatic N) is 3. The third-order valence-electron chi connectivity index (χ3n) is 2.40. The summed E-state index contributed by atoms with van der Waals surface area (Å²) in [5.41, 5.74) is -0.217. The molecule has 6 heteroatoms. The molecule has 1 aliphatic rings. The average Bonchev–Trinajstić information content (AvgIpc) is 2.65. The molecule has 0 amide bonds. The lowest BCUT2D eigenvalue weighted by Gasteiger charge is -2.08. The number of epoxide rings is 1. The van der Waals surface area contributed by atoms with Gasteiger partial charge in [0.25, 0.3) is 0 Å². The smallest absolute Gasteiger partial charge is 0.145 e. The van der Waals surface area contributed by atoms with Crippen LogP contribution in [-0.4, -0.2) is 21.4 Å². The Morgan fingerprint density at radius 3 is 3.00 bits per heavy atom. The van der Waals surface area contributed by atoms with Crippen molar-refractivity contribution in [2.75, 3.05) is 6.61 Å². The topological polar surface area (TPSA) is 43.2 Å². The average molecular weight is 242 g/mol. The van der Waals surface area contributed by atoms with Crippen molar-refractivity contribution in [1.82, 2.24) is 14.8 Å². The number of thiophene rings is 1. The molecule has 1 atom stereocenters. The highest BCUT2D eigenvalue weighted by Crippen LogP contribution is 2.44. The predicted octanol–water partition coefficient (Wildman–Crippen LogP) is 1.92. The first-order chi connectivity index (χ1) is 7.28. The van der Waals surface area contributed by atoms with Gasteiger partial charge in [-0.05, 0) is 12.1 Å². The molecule has 0 radical (unpaired) electrons. The van der Waals surface area contributed by atoms with E-state index in [9.17, 15) is 0 Å². The highest BCUT2D eigenvalue weighted by molar-refractivity contribution is 7.16. The maximum atomic E-state index is 5.90. The molecule has 1 saturated heterocycles. The van der Waals surface area contributed by atoms with E-state index < -0.39 is 0 Å². The van der Waals surface area contributed by atoms with E-state index in [1.165, 1.54) is 6.33 Å². The van der Waals surface area contributed by atoms with Gasteiger partial charge in [0.05, 0.1) is 17.5 Å². The van der Waals surface area contributed by atoms with E-state index in [0.29, 0.717) is 6.54 Å². The van der Waals surface area contributed by atoms with Gasteiger partial charge in [0.15, 0.2) is 0 Å². The molecule has 0 saturated carbocycles. The van der Waals surface area contributed by atoms with E-state index in [-0.39, 0.29) is 5.60 Å². The number of ether oxygens (including phenoxy) is 1. The highest BCUT2D eigenvalue weighted by atomic mass is 35.5. The fourth-order valence-corrected chi connectivity index (χ4v) is 2.70. The number of halogens is 1. The Hall–Kier alpha value is -0.910. The van der Waals surface area contributed by atoms with Crippen molar-refractivity contribution >= 4 is 22.9 Å². The van der Waals surface area contributed by atoms with Gasteiger partial charge in [-0.1, -0.05) is 11.6 Å². The predicted molar refractivity (Wildman–Crippen MR) is 57.0 cm³/mol. The molecule has 4 nitrogen and oxygen atoms in total. The van der Waals surface area contributed by atoms with Crippen LogP contribution in [0.1, 0.15) is 4.88 Å². The third kappa shape index (κ3) is 1.67. The van der Waals surface area contributed by atoms with Gasteiger partial charge in [0.1, 0.15) is 18.3 Å². The Labute approximate surface area is 95.5 Å². The first-order valence-electron chi connectivity index (χ1n) is 4.51. The van der Waals surface area contributed by atoms with Crippen LogP contribution in [0.25, 0.3) is 0 Å². The molecule has 0 spiro atoms.